The van der Waals surface area contributed by atoms with Crippen LogP contribution in [0.5, 0.6) is 0 Å². The Kier molecular flexibility index (Phi) is 4.27. The van der Waals surface area contributed by atoms with E-state index in [9.17, 15) is 4.79 Å². The summed E-state index contributed by atoms with van der Waals surface area (Å²) in [6.45, 7) is 5.31. The first kappa shape index (κ1) is 13.4. The smallest absolute Gasteiger partial charge is 0.251 e. The highest BCUT2D eigenvalue weighted by molar-refractivity contribution is 7.16. The van der Waals surface area contributed by atoms with Crippen LogP contribution in [0.25, 0.3) is 0 Å². The minimum Gasteiger partial charge on any atom is -0.376 e. The summed E-state index contributed by atoms with van der Waals surface area (Å²) in [5, 5.41) is 4.42. The zero-order valence-corrected chi connectivity index (χ0v) is 12.0. The molecule has 3 N–H and O–H groups in total. The third-order valence-electron chi connectivity index (χ3n) is 3.73. The van der Waals surface area contributed by atoms with E-state index < -0.39 is 0 Å². The van der Waals surface area contributed by atoms with Crippen molar-refractivity contribution < 1.29 is 4.79 Å². The first-order valence-corrected chi connectivity index (χ1v) is 7.63. The number of carbonyl (C=O) groups excluding carboxylic acids is 1. The number of amides is 1. The summed E-state index contributed by atoms with van der Waals surface area (Å²) in [6, 6.07) is 0. The molecular formula is C14H22N2OS. The molecule has 1 atom stereocenters. The molecule has 4 heteroatoms. The number of hydrogen-bond acceptors (Lipinski definition) is 3. The molecule has 1 amide bonds. The summed E-state index contributed by atoms with van der Waals surface area (Å²) in [6.07, 6.45) is 5.66. The minimum absolute atomic E-state index is 0.277. The molecule has 0 saturated heterocycles. The molecule has 1 unspecified atom stereocenters. The molecule has 0 saturated carbocycles. The van der Waals surface area contributed by atoms with Gasteiger partial charge >= 0.3 is 0 Å². The maximum Gasteiger partial charge on any atom is 0.251 e. The number of thiophene rings is 1. The molecule has 1 aromatic rings. The standard InChI is InChI=1S/C14H22N2OS/c1-3-9(2)8-16-14-12(13(15)17)10-6-4-5-7-11(10)18-14/h9,16H,3-8H2,1-2H3,(H2,15,17). The van der Waals surface area contributed by atoms with Gasteiger partial charge in [0.05, 0.1) is 5.56 Å². The molecule has 0 radical (unpaired) electrons. The zero-order chi connectivity index (χ0) is 13.1. The van der Waals surface area contributed by atoms with Gasteiger partial charge in [0.2, 0.25) is 0 Å². The Labute approximate surface area is 113 Å². The van der Waals surface area contributed by atoms with E-state index in [0.29, 0.717) is 5.92 Å². The van der Waals surface area contributed by atoms with Crippen molar-refractivity contribution in [3.63, 3.8) is 0 Å². The lowest BCUT2D eigenvalue weighted by molar-refractivity contribution is 0.100. The van der Waals surface area contributed by atoms with E-state index in [-0.39, 0.29) is 5.91 Å². The van der Waals surface area contributed by atoms with Gasteiger partial charge in [-0.05, 0) is 37.2 Å². The molecule has 1 aliphatic rings. The molecule has 0 spiro atoms. The number of nitrogens with two attached hydrogens (primary N) is 1. The van der Waals surface area contributed by atoms with E-state index in [4.69, 9.17) is 5.73 Å². The highest BCUT2D eigenvalue weighted by Gasteiger charge is 2.23. The number of aryl methyl sites for hydroxylation is 1. The van der Waals surface area contributed by atoms with Crippen LogP contribution in [-0.4, -0.2) is 12.5 Å². The van der Waals surface area contributed by atoms with Crippen LogP contribution in [0.2, 0.25) is 0 Å². The van der Waals surface area contributed by atoms with Crippen molar-refractivity contribution in [2.75, 3.05) is 11.9 Å². The topological polar surface area (TPSA) is 55.1 Å². The van der Waals surface area contributed by atoms with Crippen molar-refractivity contribution in [2.45, 2.75) is 46.0 Å². The Morgan fingerprint density at radius 3 is 2.83 bits per heavy atom. The van der Waals surface area contributed by atoms with Crippen molar-refractivity contribution in [2.24, 2.45) is 11.7 Å². The second kappa shape index (κ2) is 5.74. The van der Waals surface area contributed by atoms with Crippen LogP contribution in [0.15, 0.2) is 0 Å². The summed E-state index contributed by atoms with van der Waals surface area (Å²) in [5.41, 5.74) is 7.53. The molecular weight excluding hydrogens is 244 g/mol. The van der Waals surface area contributed by atoms with Gasteiger partial charge in [0.15, 0.2) is 0 Å². The first-order chi connectivity index (χ1) is 8.63. The summed E-state index contributed by atoms with van der Waals surface area (Å²) in [5.74, 6) is 0.339. The number of hydrogen-bond donors (Lipinski definition) is 2. The SMILES string of the molecule is CCC(C)CNc1sc2c(c1C(N)=O)CCCC2. The molecule has 18 heavy (non-hydrogen) atoms. The Bertz CT molecular complexity index is 439. The lowest BCUT2D eigenvalue weighted by Crippen LogP contribution is -2.17. The zero-order valence-electron chi connectivity index (χ0n) is 11.2. The van der Waals surface area contributed by atoms with Gasteiger partial charge in [0.1, 0.15) is 5.00 Å². The summed E-state index contributed by atoms with van der Waals surface area (Å²) < 4.78 is 0. The predicted octanol–water partition coefficient (Wildman–Crippen LogP) is 3.18. The average molecular weight is 266 g/mol. The lowest BCUT2D eigenvalue weighted by atomic mass is 9.95. The molecule has 0 aromatic carbocycles. The van der Waals surface area contributed by atoms with Crippen LogP contribution in [0.1, 0.15) is 53.9 Å². The van der Waals surface area contributed by atoms with Gasteiger partial charge in [-0.15, -0.1) is 11.3 Å². The highest BCUT2D eigenvalue weighted by atomic mass is 32.1. The lowest BCUT2D eigenvalue weighted by Gasteiger charge is -2.12. The minimum atomic E-state index is -0.277. The fraction of sp³-hybridized carbons (Fsp3) is 0.643. The van der Waals surface area contributed by atoms with E-state index in [1.165, 1.54) is 23.3 Å². The largest absolute Gasteiger partial charge is 0.376 e. The second-order valence-electron chi connectivity index (χ2n) is 5.17. The molecule has 0 bridgehead atoms. The van der Waals surface area contributed by atoms with Crippen molar-refractivity contribution >= 4 is 22.2 Å². The maximum absolute atomic E-state index is 11.7. The summed E-state index contributed by atoms with van der Waals surface area (Å²) >= 11 is 1.73. The third kappa shape index (κ3) is 2.69. The van der Waals surface area contributed by atoms with Crippen molar-refractivity contribution in [1.82, 2.24) is 0 Å². The molecule has 1 aromatic heterocycles. The molecule has 1 heterocycles. The number of anilines is 1. The Morgan fingerprint density at radius 2 is 2.17 bits per heavy atom. The van der Waals surface area contributed by atoms with E-state index in [0.717, 1.165) is 36.4 Å². The van der Waals surface area contributed by atoms with Gasteiger partial charge in [-0.1, -0.05) is 20.3 Å². The van der Waals surface area contributed by atoms with E-state index in [1.807, 2.05) is 0 Å². The van der Waals surface area contributed by atoms with Crippen molar-refractivity contribution in [1.29, 1.82) is 0 Å². The number of carbonyl (C=O) groups is 1. The monoisotopic (exact) mass is 266 g/mol. The van der Waals surface area contributed by atoms with E-state index >= 15 is 0 Å². The Balaban J connectivity index is 2.23. The number of fused-ring (bicyclic) bond motifs is 1. The molecule has 1 aliphatic carbocycles. The third-order valence-corrected chi connectivity index (χ3v) is 4.98. The van der Waals surface area contributed by atoms with Crippen molar-refractivity contribution in [3.05, 3.63) is 16.0 Å². The normalized spacial score (nSPS) is 16.1. The van der Waals surface area contributed by atoms with Gasteiger partial charge in [-0.3, -0.25) is 4.79 Å². The van der Waals surface area contributed by atoms with E-state index in [1.54, 1.807) is 11.3 Å². The van der Waals surface area contributed by atoms with Gasteiger partial charge in [-0.2, -0.15) is 0 Å². The van der Waals surface area contributed by atoms with Gasteiger partial charge in [0.25, 0.3) is 5.91 Å². The fourth-order valence-electron chi connectivity index (χ4n) is 2.36. The van der Waals surface area contributed by atoms with E-state index in [2.05, 4.69) is 19.2 Å². The van der Waals surface area contributed by atoms with Crippen LogP contribution in [0, 0.1) is 5.92 Å². The van der Waals surface area contributed by atoms with Crippen LogP contribution < -0.4 is 11.1 Å². The Hall–Kier alpha value is -1.03. The molecule has 3 nitrogen and oxygen atoms in total. The van der Waals surface area contributed by atoms with Crippen LogP contribution in [0.4, 0.5) is 5.00 Å². The molecule has 0 fully saturated rings. The number of rotatable bonds is 5. The predicted molar refractivity (Wildman–Crippen MR) is 77.4 cm³/mol. The molecule has 0 aliphatic heterocycles. The molecule has 100 valence electrons. The van der Waals surface area contributed by atoms with Crippen LogP contribution in [0.3, 0.4) is 0 Å². The summed E-state index contributed by atoms with van der Waals surface area (Å²) in [4.78, 5) is 13.0. The van der Waals surface area contributed by atoms with Crippen LogP contribution in [-0.2, 0) is 12.8 Å². The fourth-order valence-corrected chi connectivity index (χ4v) is 3.66. The first-order valence-electron chi connectivity index (χ1n) is 6.81. The quantitative estimate of drug-likeness (QED) is 0.860. The van der Waals surface area contributed by atoms with Crippen LogP contribution >= 0.6 is 11.3 Å². The second-order valence-corrected chi connectivity index (χ2v) is 6.28. The molecule has 2 rings (SSSR count). The summed E-state index contributed by atoms with van der Waals surface area (Å²) in [7, 11) is 0. The van der Waals surface area contributed by atoms with Crippen molar-refractivity contribution in [3.8, 4) is 0 Å². The van der Waals surface area contributed by atoms with Gasteiger partial charge in [-0.25, -0.2) is 0 Å². The number of nitrogens with one attached hydrogen (secondary N) is 1. The van der Waals surface area contributed by atoms with Gasteiger partial charge < -0.3 is 11.1 Å². The Morgan fingerprint density at radius 1 is 1.44 bits per heavy atom. The van der Waals surface area contributed by atoms with Gasteiger partial charge in [0, 0.05) is 11.4 Å². The maximum atomic E-state index is 11.7. The highest BCUT2D eigenvalue weighted by Crippen LogP contribution is 2.37. The number of primary amides is 1. The average Bonchev–Trinajstić information content (AvgIpc) is 2.74.